The van der Waals surface area contributed by atoms with Crippen LogP contribution in [0.3, 0.4) is 0 Å². The number of amides is 1. The number of hydrogen-bond donors (Lipinski definition) is 1. The van der Waals surface area contributed by atoms with Gasteiger partial charge in [-0.25, -0.2) is 4.79 Å². The smallest absolute Gasteiger partial charge is 0.416 e. The molecule has 0 heterocycles. The van der Waals surface area contributed by atoms with Crippen molar-refractivity contribution in [2.45, 2.75) is 25.1 Å². The molecule has 0 saturated heterocycles. The summed E-state index contributed by atoms with van der Waals surface area (Å²) < 4.78 is 43.9. The van der Waals surface area contributed by atoms with Gasteiger partial charge in [0.2, 0.25) is 5.91 Å². The molecule has 0 fully saturated rings. The monoisotopic (exact) mass is 443 g/mol. The Hall–Kier alpha value is -2.35. The van der Waals surface area contributed by atoms with Crippen molar-refractivity contribution in [1.82, 2.24) is 5.32 Å². The minimum atomic E-state index is -4.48. The first-order valence-corrected chi connectivity index (χ1v) is 8.76. The molecule has 27 heavy (non-hydrogen) atoms. The SMILES string of the molecule is COC(=O)[C@H](Cc1ccc(Br)cc1)NC(=O)Cc1cccc(C(F)(F)F)c1. The maximum atomic E-state index is 12.8. The summed E-state index contributed by atoms with van der Waals surface area (Å²) in [5.41, 5.74) is 0.176. The van der Waals surface area contributed by atoms with Crippen molar-refractivity contribution in [3.05, 3.63) is 69.7 Å². The Labute approximate surface area is 162 Å². The molecule has 2 aromatic carbocycles. The van der Waals surface area contributed by atoms with E-state index in [9.17, 15) is 22.8 Å². The van der Waals surface area contributed by atoms with Crippen LogP contribution in [0.1, 0.15) is 16.7 Å². The van der Waals surface area contributed by atoms with Crippen LogP contribution >= 0.6 is 15.9 Å². The lowest BCUT2D eigenvalue weighted by Crippen LogP contribution is -2.43. The van der Waals surface area contributed by atoms with E-state index in [0.29, 0.717) is 0 Å². The number of benzene rings is 2. The highest BCUT2D eigenvalue weighted by Gasteiger charge is 2.30. The van der Waals surface area contributed by atoms with E-state index >= 15 is 0 Å². The van der Waals surface area contributed by atoms with E-state index in [2.05, 4.69) is 21.2 Å². The van der Waals surface area contributed by atoms with E-state index < -0.39 is 29.7 Å². The predicted molar refractivity (Wildman–Crippen MR) is 96.9 cm³/mol. The molecular weight excluding hydrogens is 427 g/mol. The van der Waals surface area contributed by atoms with Crippen molar-refractivity contribution in [1.29, 1.82) is 0 Å². The molecule has 0 unspecified atom stereocenters. The van der Waals surface area contributed by atoms with Gasteiger partial charge in [0.25, 0.3) is 0 Å². The van der Waals surface area contributed by atoms with Crippen LogP contribution in [0.15, 0.2) is 53.0 Å². The van der Waals surface area contributed by atoms with E-state index in [-0.39, 0.29) is 18.4 Å². The van der Waals surface area contributed by atoms with Crippen LogP contribution in [0.25, 0.3) is 0 Å². The minimum Gasteiger partial charge on any atom is -0.467 e. The molecule has 4 nitrogen and oxygen atoms in total. The molecule has 8 heteroatoms. The Kier molecular flexibility index (Phi) is 7.01. The van der Waals surface area contributed by atoms with Gasteiger partial charge in [0, 0.05) is 10.9 Å². The van der Waals surface area contributed by atoms with Gasteiger partial charge in [0.15, 0.2) is 0 Å². The minimum absolute atomic E-state index is 0.203. The number of hydrogen-bond acceptors (Lipinski definition) is 3. The van der Waals surface area contributed by atoms with Crippen LogP contribution in [-0.4, -0.2) is 25.0 Å². The Balaban J connectivity index is 2.07. The largest absolute Gasteiger partial charge is 0.467 e. The highest BCUT2D eigenvalue weighted by Crippen LogP contribution is 2.29. The summed E-state index contributed by atoms with van der Waals surface area (Å²) in [4.78, 5) is 24.2. The Morgan fingerprint density at radius 1 is 1.11 bits per heavy atom. The molecule has 0 aliphatic rings. The Morgan fingerprint density at radius 2 is 1.78 bits per heavy atom. The van der Waals surface area contributed by atoms with Crippen LogP contribution in [-0.2, 0) is 33.3 Å². The maximum absolute atomic E-state index is 12.8. The number of methoxy groups -OCH3 is 1. The summed E-state index contributed by atoms with van der Waals surface area (Å²) >= 11 is 3.31. The summed E-state index contributed by atoms with van der Waals surface area (Å²) in [5.74, 6) is -1.20. The standard InChI is InChI=1S/C19H17BrF3NO3/c1-27-18(26)16(10-12-5-7-15(20)8-6-12)24-17(25)11-13-3-2-4-14(9-13)19(21,22)23/h2-9,16H,10-11H2,1H3,(H,24,25)/t16-/m0/s1. The van der Waals surface area contributed by atoms with Gasteiger partial charge >= 0.3 is 12.1 Å². The summed E-state index contributed by atoms with van der Waals surface area (Å²) in [7, 11) is 1.20. The first-order chi connectivity index (χ1) is 12.7. The average Bonchev–Trinajstić information content (AvgIpc) is 2.61. The third-order valence-electron chi connectivity index (χ3n) is 3.79. The van der Waals surface area contributed by atoms with Gasteiger partial charge in [-0.2, -0.15) is 13.2 Å². The van der Waals surface area contributed by atoms with Crippen LogP contribution in [0.4, 0.5) is 13.2 Å². The zero-order chi connectivity index (χ0) is 20.0. The van der Waals surface area contributed by atoms with Crippen LogP contribution in [0.2, 0.25) is 0 Å². The van der Waals surface area contributed by atoms with Gasteiger partial charge in [0.05, 0.1) is 19.1 Å². The molecule has 1 atom stereocenters. The van der Waals surface area contributed by atoms with Crippen LogP contribution < -0.4 is 5.32 Å². The molecule has 1 N–H and O–H groups in total. The van der Waals surface area contributed by atoms with E-state index in [1.54, 1.807) is 24.3 Å². The van der Waals surface area contributed by atoms with E-state index in [0.717, 1.165) is 22.2 Å². The van der Waals surface area contributed by atoms with E-state index in [1.807, 2.05) is 0 Å². The molecule has 0 aliphatic heterocycles. The van der Waals surface area contributed by atoms with Gasteiger partial charge < -0.3 is 10.1 Å². The molecule has 2 aromatic rings. The lowest BCUT2D eigenvalue weighted by atomic mass is 10.0. The zero-order valence-electron chi connectivity index (χ0n) is 14.3. The number of halogens is 4. The molecule has 0 aromatic heterocycles. The molecule has 0 saturated carbocycles. The Morgan fingerprint density at radius 3 is 2.37 bits per heavy atom. The lowest BCUT2D eigenvalue weighted by molar-refractivity contribution is -0.145. The second-order valence-electron chi connectivity index (χ2n) is 5.85. The molecule has 0 bridgehead atoms. The Bertz CT molecular complexity index is 807. The number of esters is 1. The fourth-order valence-electron chi connectivity index (χ4n) is 2.48. The van der Waals surface area contributed by atoms with Gasteiger partial charge in [-0.3, -0.25) is 4.79 Å². The molecule has 0 radical (unpaired) electrons. The van der Waals surface area contributed by atoms with Crippen LogP contribution in [0.5, 0.6) is 0 Å². The van der Waals surface area contributed by atoms with Crippen molar-refractivity contribution in [2.24, 2.45) is 0 Å². The van der Waals surface area contributed by atoms with Crippen molar-refractivity contribution < 1.29 is 27.5 Å². The molecule has 0 spiro atoms. The second-order valence-corrected chi connectivity index (χ2v) is 6.76. The fourth-order valence-corrected chi connectivity index (χ4v) is 2.74. The van der Waals surface area contributed by atoms with Crippen molar-refractivity contribution in [3.63, 3.8) is 0 Å². The van der Waals surface area contributed by atoms with Gasteiger partial charge in [-0.1, -0.05) is 46.3 Å². The molecule has 0 aliphatic carbocycles. The van der Waals surface area contributed by atoms with Gasteiger partial charge in [-0.05, 0) is 29.3 Å². The quantitative estimate of drug-likeness (QED) is 0.688. The van der Waals surface area contributed by atoms with E-state index in [4.69, 9.17) is 4.74 Å². The number of rotatable bonds is 6. The first-order valence-electron chi connectivity index (χ1n) is 7.97. The summed E-state index contributed by atoms with van der Waals surface area (Å²) in [5, 5.41) is 2.53. The van der Waals surface area contributed by atoms with Crippen molar-refractivity contribution >= 4 is 27.8 Å². The zero-order valence-corrected chi connectivity index (χ0v) is 15.9. The second kappa shape index (κ2) is 9.03. The van der Waals surface area contributed by atoms with Crippen LogP contribution in [0, 0.1) is 0 Å². The number of carbonyl (C=O) groups is 2. The molecular formula is C19H17BrF3NO3. The molecule has 2 rings (SSSR count). The average molecular weight is 444 g/mol. The number of carbonyl (C=O) groups excluding carboxylic acids is 2. The summed E-state index contributed by atoms with van der Waals surface area (Å²) in [6.07, 6.45) is -4.56. The lowest BCUT2D eigenvalue weighted by Gasteiger charge is -2.17. The third-order valence-corrected chi connectivity index (χ3v) is 4.32. The van der Waals surface area contributed by atoms with E-state index in [1.165, 1.54) is 19.2 Å². The van der Waals surface area contributed by atoms with Gasteiger partial charge in [0.1, 0.15) is 6.04 Å². The molecule has 1 amide bonds. The number of alkyl halides is 3. The summed E-state index contributed by atoms with van der Waals surface area (Å²) in [6.45, 7) is 0. The topological polar surface area (TPSA) is 55.4 Å². The normalized spacial score (nSPS) is 12.3. The first kappa shape index (κ1) is 21.0. The highest BCUT2D eigenvalue weighted by atomic mass is 79.9. The predicted octanol–water partition coefficient (Wildman–Crippen LogP) is 3.91. The van der Waals surface area contributed by atoms with Crippen molar-refractivity contribution in [2.75, 3.05) is 7.11 Å². The third kappa shape index (κ3) is 6.39. The fraction of sp³-hybridized carbons (Fsp3) is 0.263. The summed E-state index contributed by atoms with van der Waals surface area (Å²) in [6, 6.07) is 10.8. The van der Waals surface area contributed by atoms with Gasteiger partial charge in [-0.15, -0.1) is 0 Å². The number of nitrogens with one attached hydrogen (secondary N) is 1. The number of ether oxygens (including phenoxy) is 1. The highest BCUT2D eigenvalue weighted by molar-refractivity contribution is 9.10. The molecule has 144 valence electrons. The maximum Gasteiger partial charge on any atom is 0.416 e. The van der Waals surface area contributed by atoms with Crippen molar-refractivity contribution in [3.8, 4) is 0 Å².